The lowest BCUT2D eigenvalue weighted by Crippen LogP contribution is -2.28. The lowest BCUT2D eigenvalue weighted by Gasteiger charge is -2.16. The number of hydrogen-bond acceptors (Lipinski definition) is 5. The van der Waals surface area contributed by atoms with E-state index in [1.165, 1.54) is 4.80 Å². The van der Waals surface area contributed by atoms with Crippen molar-refractivity contribution >= 4 is 23.2 Å². The first-order valence-corrected chi connectivity index (χ1v) is 9.57. The van der Waals surface area contributed by atoms with Crippen molar-refractivity contribution in [2.75, 3.05) is 12.4 Å². The van der Waals surface area contributed by atoms with Crippen LogP contribution in [0, 0.1) is 0 Å². The number of ether oxygens (including phenoxy) is 1. The van der Waals surface area contributed by atoms with Gasteiger partial charge in [-0.1, -0.05) is 41.9 Å². The molecule has 8 heteroatoms. The Labute approximate surface area is 178 Å². The Balaban J connectivity index is 1.65. The van der Waals surface area contributed by atoms with Gasteiger partial charge in [0.1, 0.15) is 5.75 Å². The monoisotopic (exact) mass is 419 g/mol. The number of aromatic nitrogens is 4. The molecule has 1 unspecified atom stereocenters. The minimum atomic E-state index is -0.790. The molecule has 0 saturated heterocycles. The third-order valence-electron chi connectivity index (χ3n) is 4.48. The first-order valence-electron chi connectivity index (χ1n) is 9.19. The van der Waals surface area contributed by atoms with Gasteiger partial charge in [0, 0.05) is 16.3 Å². The summed E-state index contributed by atoms with van der Waals surface area (Å²) in [7, 11) is 1.59. The number of methoxy groups -OCH3 is 1. The fourth-order valence-corrected chi connectivity index (χ4v) is 3.08. The van der Waals surface area contributed by atoms with Crippen molar-refractivity contribution < 1.29 is 9.53 Å². The summed E-state index contributed by atoms with van der Waals surface area (Å²) in [6.45, 7) is 0. The highest BCUT2D eigenvalue weighted by molar-refractivity contribution is 6.30. The van der Waals surface area contributed by atoms with E-state index in [0.29, 0.717) is 22.3 Å². The Morgan fingerprint density at radius 3 is 2.37 bits per heavy atom. The Kier molecular flexibility index (Phi) is 5.72. The second-order valence-corrected chi connectivity index (χ2v) is 6.91. The van der Waals surface area contributed by atoms with Gasteiger partial charge in [-0.2, -0.15) is 0 Å². The summed E-state index contributed by atoms with van der Waals surface area (Å²) in [5.41, 5.74) is 2.14. The molecule has 0 fully saturated rings. The summed E-state index contributed by atoms with van der Waals surface area (Å²) < 4.78 is 5.16. The standard InChI is InChI=1S/C22H18ClN5O2/c1-30-19-13-11-18(12-14-19)24-22(29)20(15-5-3-2-4-6-15)28-26-21(25-27-28)16-7-9-17(23)10-8-16/h2-14,20H,1H3,(H,24,29). The van der Waals surface area contributed by atoms with Crippen LogP contribution in [0.2, 0.25) is 5.02 Å². The molecule has 0 radical (unpaired) electrons. The van der Waals surface area contributed by atoms with Gasteiger partial charge in [-0.15, -0.1) is 15.0 Å². The van der Waals surface area contributed by atoms with Crippen LogP contribution in [-0.4, -0.2) is 33.2 Å². The minimum Gasteiger partial charge on any atom is -0.497 e. The van der Waals surface area contributed by atoms with Crippen LogP contribution in [0.1, 0.15) is 11.6 Å². The molecule has 0 aliphatic heterocycles. The number of hydrogen-bond donors (Lipinski definition) is 1. The third kappa shape index (κ3) is 4.31. The molecule has 7 nitrogen and oxygen atoms in total. The molecule has 4 rings (SSSR count). The van der Waals surface area contributed by atoms with Crippen molar-refractivity contribution in [3.8, 4) is 17.1 Å². The van der Waals surface area contributed by atoms with Crippen molar-refractivity contribution in [2.45, 2.75) is 6.04 Å². The van der Waals surface area contributed by atoms with Gasteiger partial charge in [0.2, 0.25) is 5.82 Å². The molecular weight excluding hydrogens is 402 g/mol. The summed E-state index contributed by atoms with van der Waals surface area (Å²) in [6, 6.07) is 22.7. The summed E-state index contributed by atoms with van der Waals surface area (Å²) in [5.74, 6) is 0.828. The van der Waals surface area contributed by atoms with E-state index >= 15 is 0 Å². The van der Waals surface area contributed by atoms with Crippen LogP contribution in [0.15, 0.2) is 78.9 Å². The van der Waals surface area contributed by atoms with Crippen LogP contribution in [-0.2, 0) is 4.79 Å². The molecule has 0 bridgehead atoms. The number of rotatable bonds is 6. The van der Waals surface area contributed by atoms with E-state index in [2.05, 4.69) is 20.7 Å². The molecule has 1 N–H and O–H groups in total. The van der Waals surface area contributed by atoms with Crippen LogP contribution in [0.3, 0.4) is 0 Å². The normalized spacial score (nSPS) is 11.7. The topological polar surface area (TPSA) is 81.9 Å². The molecule has 30 heavy (non-hydrogen) atoms. The van der Waals surface area contributed by atoms with Crippen molar-refractivity contribution in [3.63, 3.8) is 0 Å². The number of halogens is 1. The third-order valence-corrected chi connectivity index (χ3v) is 4.73. The highest BCUT2D eigenvalue weighted by atomic mass is 35.5. The van der Waals surface area contributed by atoms with Gasteiger partial charge in [0.15, 0.2) is 6.04 Å². The number of nitrogens with zero attached hydrogens (tertiary/aromatic N) is 4. The molecule has 1 atom stereocenters. The van der Waals surface area contributed by atoms with Crippen molar-refractivity contribution in [1.82, 2.24) is 20.2 Å². The number of nitrogens with one attached hydrogen (secondary N) is 1. The van der Waals surface area contributed by atoms with Gasteiger partial charge in [0.05, 0.1) is 7.11 Å². The number of benzene rings is 3. The minimum absolute atomic E-state index is 0.286. The maximum Gasteiger partial charge on any atom is 0.255 e. The molecule has 1 heterocycles. The molecule has 4 aromatic rings. The summed E-state index contributed by atoms with van der Waals surface area (Å²) in [6.07, 6.45) is 0. The SMILES string of the molecule is COc1ccc(NC(=O)C(c2ccccc2)n2nnc(-c3ccc(Cl)cc3)n2)cc1. The Hall–Kier alpha value is -3.71. The number of amides is 1. The molecular formula is C22H18ClN5O2. The first kappa shape index (κ1) is 19.6. The van der Waals surface area contributed by atoms with Crippen LogP contribution in [0.5, 0.6) is 5.75 Å². The van der Waals surface area contributed by atoms with E-state index in [0.717, 1.165) is 11.1 Å². The molecule has 150 valence electrons. The maximum atomic E-state index is 13.2. The van der Waals surface area contributed by atoms with E-state index in [1.54, 1.807) is 55.6 Å². The van der Waals surface area contributed by atoms with Crippen LogP contribution in [0.4, 0.5) is 5.69 Å². The molecule has 0 aliphatic carbocycles. The average molecular weight is 420 g/mol. The molecule has 0 saturated carbocycles. The van der Waals surface area contributed by atoms with Crippen molar-refractivity contribution in [3.05, 3.63) is 89.4 Å². The zero-order valence-electron chi connectivity index (χ0n) is 16.1. The Bertz CT molecular complexity index is 1130. The fraction of sp³-hybridized carbons (Fsp3) is 0.0909. The Morgan fingerprint density at radius 2 is 1.70 bits per heavy atom. The molecule has 0 aliphatic rings. The number of tetrazole rings is 1. The smallest absolute Gasteiger partial charge is 0.255 e. The molecule has 3 aromatic carbocycles. The zero-order chi connectivity index (χ0) is 20.9. The van der Waals surface area contributed by atoms with Gasteiger partial charge in [-0.3, -0.25) is 4.79 Å². The average Bonchev–Trinajstić information content (AvgIpc) is 3.25. The predicted molar refractivity (Wildman–Crippen MR) is 114 cm³/mol. The maximum absolute atomic E-state index is 13.2. The summed E-state index contributed by atoms with van der Waals surface area (Å²) in [4.78, 5) is 14.5. The lowest BCUT2D eigenvalue weighted by molar-refractivity contribution is -0.118. The fourth-order valence-electron chi connectivity index (χ4n) is 2.96. The number of anilines is 1. The molecule has 0 spiro atoms. The molecule has 1 aromatic heterocycles. The second-order valence-electron chi connectivity index (χ2n) is 6.47. The van der Waals surface area contributed by atoms with E-state index in [-0.39, 0.29) is 5.91 Å². The van der Waals surface area contributed by atoms with Gasteiger partial charge in [-0.05, 0) is 59.3 Å². The predicted octanol–water partition coefficient (Wildman–Crippen LogP) is 4.23. The van der Waals surface area contributed by atoms with E-state index in [1.807, 2.05) is 30.3 Å². The van der Waals surface area contributed by atoms with Gasteiger partial charge in [0.25, 0.3) is 5.91 Å². The Morgan fingerprint density at radius 1 is 1.00 bits per heavy atom. The summed E-state index contributed by atoms with van der Waals surface area (Å²) >= 11 is 5.95. The van der Waals surface area contributed by atoms with Gasteiger partial charge in [-0.25, -0.2) is 0 Å². The van der Waals surface area contributed by atoms with Crippen LogP contribution < -0.4 is 10.1 Å². The van der Waals surface area contributed by atoms with E-state index in [4.69, 9.17) is 16.3 Å². The zero-order valence-corrected chi connectivity index (χ0v) is 16.8. The van der Waals surface area contributed by atoms with Crippen LogP contribution >= 0.6 is 11.6 Å². The number of carbonyl (C=O) groups is 1. The van der Waals surface area contributed by atoms with Crippen molar-refractivity contribution in [2.24, 2.45) is 0 Å². The van der Waals surface area contributed by atoms with E-state index in [9.17, 15) is 4.79 Å². The van der Waals surface area contributed by atoms with E-state index < -0.39 is 6.04 Å². The second kappa shape index (κ2) is 8.75. The van der Waals surface area contributed by atoms with Gasteiger partial charge < -0.3 is 10.1 Å². The quantitative estimate of drug-likeness (QED) is 0.505. The lowest BCUT2D eigenvalue weighted by atomic mass is 10.1. The van der Waals surface area contributed by atoms with Gasteiger partial charge >= 0.3 is 0 Å². The van der Waals surface area contributed by atoms with Crippen molar-refractivity contribution in [1.29, 1.82) is 0 Å². The first-order chi connectivity index (χ1) is 14.6. The highest BCUT2D eigenvalue weighted by Gasteiger charge is 2.26. The molecule has 1 amide bonds. The highest BCUT2D eigenvalue weighted by Crippen LogP contribution is 2.23. The summed E-state index contributed by atoms with van der Waals surface area (Å²) in [5, 5.41) is 16.2. The largest absolute Gasteiger partial charge is 0.497 e. The van der Waals surface area contributed by atoms with Crippen LogP contribution in [0.25, 0.3) is 11.4 Å². The number of carbonyl (C=O) groups excluding carboxylic acids is 1.